The molecule has 26 heavy (non-hydrogen) atoms. The second kappa shape index (κ2) is 6.13. The molecule has 0 N–H and O–H groups in total. The van der Waals surface area contributed by atoms with E-state index in [4.69, 9.17) is 4.74 Å². The summed E-state index contributed by atoms with van der Waals surface area (Å²) in [6.07, 6.45) is 0.268. The highest BCUT2D eigenvalue weighted by Gasteiger charge is 2.42. The number of cyclic esters (lactones) is 1. The van der Waals surface area contributed by atoms with Gasteiger partial charge >= 0.3 is 5.97 Å². The van der Waals surface area contributed by atoms with Crippen LogP contribution in [0.3, 0.4) is 0 Å². The van der Waals surface area contributed by atoms with E-state index in [1.165, 1.54) is 0 Å². The van der Waals surface area contributed by atoms with Crippen LogP contribution in [0.5, 0.6) is 0 Å². The van der Waals surface area contributed by atoms with Gasteiger partial charge in [0.05, 0.1) is 11.3 Å². The number of esters is 1. The van der Waals surface area contributed by atoms with E-state index in [-0.39, 0.29) is 30.8 Å². The summed E-state index contributed by atoms with van der Waals surface area (Å²) < 4.78 is 5.33. The summed E-state index contributed by atoms with van der Waals surface area (Å²) in [4.78, 5) is 27.2. The lowest BCUT2D eigenvalue weighted by atomic mass is 9.84. The Bertz CT molecular complexity index is 920. The van der Waals surface area contributed by atoms with E-state index >= 15 is 0 Å². The Hall–Kier alpha value is -2.88. The first-order chi connectivity index (χ1) is 12.4. The fourth-order valence-electron chi connectivity index (χ4n) is 3.92. The van der Waals surface area contributed by atoms with Crippen molar-refractivity contribution in [2.24, 2.45) is 0 Å². The van der Waals surface area contributed by atoms with Crippen molar-refractivity contribution in [2.75, 3.05) is 11.5 Å². The highest BCUT2D eigenvalue weighted by Crippen LogP contribution is 2.42. The van der Waals surface area contributed by atoms with Crippen molar-refractivity contribution in [2.45, 2.75) is 33.1 Å². The highest BCUT2D eigenvalue weighted by molar-refractivity contribution is 6.06. The topological polar surface area (TPSA) is 46.6 Å². The molecule has 1 amide bonds. The summed E-state index contributed by atoms with van der Waals surface area (Å²) in [5.41, 5.74) is 6.41. The van der Waals surface area contributed by atoms with Gasteiger partial charge in [-0.25, -0.2) is 4.79 Å². The molecule has 0 aromatic heterocycles. The number of amides is 1. The molecule has 0 spiro atoms. The van der Waals surface area contributed by atoms with Gasteiger partial charge in [0, 0.05) is 18.0 Å². The molecule has 4 rings (SSSR count). The van der Waals surface area contributed by atoms with Gasteiger partial charge in [-0.2, -0.15) is 0 Å². The molecule has 1 atom stereocenters. The second-order valence-corrected chi connectivity index (χ2v) is 7.18. The Labute approximate surface area is 153 Å². The summed E-state index contributed by atoms with van der Waals surface area (Å²) in [6, 6.07) is 14.0. The molecule has 0 bridgehead atoms. The average Bonchev–Trinajstić information content (AvgIpc) is 2.95. The van der Waals surface area contributed by atoms with Crippen molar-refractivity contribution in [3.8, 4) is 0 Å². The minimum absolute atomic E-state index is 0.00220. The summed E-state index contributed by atoms with van der Waals surface area (Å²) in [6.45, 7) is 6.18. The fraction of sp³-hybridized carbons (Fsp3) is 0.273. The third-order valence-electron chi connectivity index (χ3n) is 5.06. The summed E-state index contributed by atoms with van der Waals surface area (Å²) in [5, 5.41) is 0. The van der Waals surface area contributed by atoms with E-state index in [0.717, 1.165) is 27.9 Å². The van der Waals surface area contributed by atoms with Gasteiger partial charge < -0.3 is 4.74 Å². The predicted molar refractivity (Wildman–Crippen MR) is 99.9 cm³/mol. The standard InChI is InChI=1S/C22H21NO3/c1-13-4-6-16(7-5-13)18-11-20(24)23(19-12-26-22(25)21(18)19)17-9-14(2)8-15(3)10-17/h4-10,18H,11-12H2,1-3H3. The lowest BCUT2D eigenvalue weighted by Crippen LogP contribution is -2.37. The minimum atomic E-state index is -0.313. The first-order valence-corrected chi connectivity index (χ1v) is 8.82. The molecule has 2 aliphatic heterocycles. The van der Waals surface area contributed by atoms with Gasteiger partial charge in [-0.1, -0.05) is 35.9 Å². The van der Waals surface area contributed by atoms with Crippen molar-refractivity contribution < 1.29 is 14.3 Å². The molecular weight excluding hydrogens is 326 g/mol. The van der Waals surface area contributed by atoms with E-state index < -0.39 is 0 Å². The number of anilines is 1. The van der Waals surface area contributed by atoms with Gasteiger partial charge in [0.1, 0.15) is 6.61 Å². The van der Waals surface area contributed by atoms with Crippen molar-refractivity contribution in [1.29, 1.82) is 0 Å². The van der Waals surface area contributed by atoms with Crippen LogP contribution in [0.15, 0.2) is 53.7 Å². The molecular formula is C22H21NO3. The van der Waals surface area contributed by atoms with E-state index in [1.807, 2.05) is 57.2 Å². The van der Waals surface area contributed by atoms with Crippen LogP contribution in [0.4, 0.5) is 5.69 Å². The molecule has 1 unspecified atom stereocenters. The Morgan fingerprint density at radius 3 is 2.23 bits per heavy atom. The molecule has 0 saturated heterocycles. The largest absolute Gasteiger partial charge is 0.456 e. The van der Waals surface area contributed by atoms with Crippen LogP contribution in [0.1, 0.15) is 34.6 Å². The third kappa shape index (κ3) is 2.71. The molecule has 2 aromatic carbocycles. The van der Waals surface area contributed by atoms with Crippen LogP contribution < -0.4 is 4.90 Å². The summed E-state index contributed by atoms with van der Waals surface area (Å²) in [5.74, 6) is -0.555. The maximum atomic E-state index is 13.0. The maximum absolute atomic E-state index is 13.0. The lowest BCUT2D eigenvalue weighted by Gasteiger charge is -2.32. The van der Waals surface area contributed by atoms with Gasteiger partial charge in [-0.3, -0.25) is 9.69 Å². The number of carbonyl (C=O) groups excluding carboxylic acids is 2. The zero-order valence-electron chi connectivity index (χ0n) is 15.2. The molecule has 4 nitrogen and oxygen atoms in total. The Morgan fingerprint density at radius 2 is 1.58 bits per heavy atom. The van der Waals surface area contributed by atoms with Gasteiger partial charge in [0.2, 0.25) is 5.91 Å². The van der Waals surface area contributed by atoms with Gasteiger partial charge in [0.25, 0.3) is 0 Å². The monoisotopic (exact) mass is 347 g/mol. The molecule has 2 heterocycles. The fourth-order valence-corrected chi connectivity index (χ4v) is 3.92. The second-order valence-electron chi connectivity index (χ2n) is 7.18. The summed E-state index contributed by atoms with van der Waals surface area (Å²) >= 11 is 0. The number of hydrogen-bond acceptors (Lipinski definition) is 3. The Balaban J connectivity index is 1.84. The average molecular weight is 347 g/mol. The SMILES string of the molecule is Cc1ccc(C2CC(=O)N(c3cc(C)cc(C)c3)C3=C2C(=O)OC3)cc1. The number of aryl methyl sites for hydroxylation is 3. The van der Waals surface area contributed by atoms with Crippen molar-refractivity contribution in [1.82, 2.24) is 0 Å². The molecule has 0 radical (unpaired) electrons. The van der Waals surface area contributed by atoms with E-state index in [0.29, 0.717) is 11.3 Å². The Morgan fingerprint density at radius 1 is 0.923 bits per heavy atom. The van der Waals surface area contributed by atoms with Gasteiger partial charge in [-0.15, -0.1) is 0 Å². The smallest absolute Gasteiger partial charge is 0.336 e. The zero-order valence-corrected chi connectivity index (χ0v) is 15.2. The van der Waals surface area contributed by atoms with Crippen molar-refractivity contribution in [3.05, 3.63) is 76.0 Å². The lowest BCUT2D eigenvalue weighted by molar-refractivity contribution is -0.136. The number of hydrogen-bond donors (Lipinski definition) is 0. The van der Waals surface area contributed by atoms with E-state index in [1.54, 1.807) is 4.90 Å². The zero-order chi connectivity index (χ0) is 18.4. The van der Waals surface area contributed by atoms with Gasteiger partial charge in [0.15, 0.2) is 0 Å². The predicted octanol–water partition coefficient (Wildman–Crippen LogP) is 3.94. The van der Waals surface area contributed by atoms with Crippen LogP contribution in [0.25, 0.3) is 0 Å². The minimum Gasteiger partial charge on any atom is -0.456 e. The van der Waals surface area contributed by atoms with Crippen LogP contribution in [0, 0.1) is 20.8 Å². The van der Waals surface area contributed by atoms with Gasteiger partial charge in [-0.05, 0) is 49.6 Å². The number of rotatable bonds is 2. The molecule has 2 aliphatic rings. The molecule has 4 heteroatoms. The van der Waals surface area contributed by atoms with Crippen molar-refractivity contribution >= 4 is 17.6 Å². The quantitative estimate of drug-likeness (QED) is 0.773. The van der Waals surface area contributed by atoms with E-state index in [9.17, 15) is 9.59 Å². The molecule has 2 aromatic rings. The molecule has 132 valence electrons. The number of carbonyl (C=O) groups is 2. The molecule has 0 fully saturated rings. The first-order valence-electron chi connectivity index (χ1n) is 8.82. The molecule has 0 saturated carbocycles. The maximum Gasteiger partial charge on any atom is 0.336 e. The number of nitrogens with zero attached hydrogens (tertiary/aromatic N) is 1. The number of benzene rings is 2. The van der Waals surface area contributed by atoms with Crippen LogP contribution in [-0.2, 0) is 14.3 Å². The first kappa shape index (κ1) is 16.6. The third-order valence-corrected chi connectivity index (χ3v) is 5.06. The Kier molecular flexibility index (Phi) is 3.91. The van der Waals surface area contributed by atoms with Crippen molar-refractivity contribution in [3.63, 3.8) is 0 Å². The highest BCUT2D eigenvalue weighted by atomic mass is 16.5. The summed E-state index contributed by atoms with van der Waals surface area (Å²) in [7, 11) is 0. The number of ether oxygens (including phenoxy) is 1. The normalized spacial score (nSPS) is 19.7. The van der Waals surface area contributed by atoms with Crippen LogP contribution in [0.2, 0.25) is 0 Å². The van der Waals surface area contributed by atoms with Crippen LogP contribution in [-0.4, -0.2) is 18.5 Å². The van der Waals surface area contributed by atoms with E-state index in [2.05, 4.69) is 6.07 Å². The van der Waals surface area contributed by atoms with Crippen LogP contribution >= 0.6 is 0 Å². The molecule has 0 aliphatic carbocycles.